The van der Waals surface area contributed by atoms with Crippen LogP contribution >= 0.6 is 34.4 Å². The number of thioether (sulfide) groups is 1. The topological polar surface area (TPSA) is 42.0 Å². The van der Waals surface area contributed by atoms with Crippen LogP contribution in [0.25, 0.3) is 10.2 Å². The first-order valence-corrected chi connectivity index (χ1v) is 12.1. The van der Waals surface area contributed by atoms with Gasteiger partial charge in [0.1, 0.15) is 0 Å². The molecule has 140 valence electrons. The quantitative estimate of drug-likeness (QED) is 0.412. The second kappa shape index (κ2) is 9.04. The summed E-state index contributed by atoms with van der Waals surface area (Å²) in [6.07, 6.45) is 6.02. The molecule has 0 saturated carbocycles. The third kappa shape index (κ3) is 4.62. The van der Waals surface area contributed by atoms with E-state index in [0.717, 1.165) is 41.4 Å². The number of carbonyl (C=O) groups is 1. The maximum atomic E-state index is 12.8. The number of thiophene rings is 1. The van der Waals surface area contributed by atoms with Crippen LogP contribution in [0.3, 0.4) is 0 Å². The molecule has 1 aliphatic carbocycles. The van der Waals surface area contributed by atoms with Gasteiger partial charge < -0.3 is 5.32 Å². The Morgan fingerprint density at radius 2 is 2.11 bits per heavy atom. The van der Waals surface area contributed by atoms with Gasteiger partial charge in [-0.1, -0.05) is 24.3 Å². The summed E-state index contributed by atoms with van der Waals surface area (Å²) in [7, 11) is 0. The van der Waals surface area contributed by atoms with Crippen LogP contribution in [0.2, 0.25) is 0 Å². The Morgan fingerprint density at radius 3 is 2.96 bits per heavy atom. The number of aromatic nitrogens is 1. The molecule has 0 fully saturated rings. The Balaban J connectivity index is 1.34. The van der Waals surface area contributed by atoms with Crippen molar-refractivity contribution in [2.75, 3.05) is 12.3 Å². The van der Waals surface area contributed by atoms with Crippen molar-refractivity contribution in [1.29, 1.82) is 0 Å². The van der Waals surface area contributed by atoms with Crippen molar-refractivity contribution in [1.82, 2.24) is 10.3 Å². The molecular weight excluding hydrogens is 392 g/mol. The lowest BCUT2D eigenvalue weighted by Crippen LogP contribution is -2.36. The number of nitrogens with one attached hydrogen (secondary N) is 1. The van der Waals surface area contributed by atoms with Crippen molar-refractivity contribution in [3.05, 3.63) is 63.8 Å². The third-order valence-corrected chi connectivity index (χ3v) is 7.72. The van der Waals surface area contributed by atoms with Gasteiger partial charge in [-0.15, -0.1) is 11.3 Å². The zero-order valence-corrected chi connectivity index (χ0v) is 17.4. The summed E-state index contributed by atoms with van der Waals surface area (Å²) in [4.78, 5) is 17.6. The summed E-state index contributed by atoms with van der Waals surface area (Å²) in [5, 5.41) is 8.53. The summed E-state index contributed by atoms with van der Waals surface area (Å²) in [6.45, 7) is 0.723. The first-order valence-electron chi connectivity index (χ1n) is 9.18. The Bertz CT molecular complexity index is 884. The summed E-state index contributed by atoms with van der Waals surface area (Å²) >= 11 is 5.33. The number of thiazole rings is 1. The van der Waals surface area contributed by atoms with Gasteiger partial charge in [-0.05, 0) is 47.4 Å². The van der Waals surface area contributed by atoms with Crippen molar-refractivity contribution >= 4 is 50.6 Å². The summed E-state index contributed by atoms with van der Waals surface area (Å²) < 4.78 is 1.20. The van der Waals surface area contributed by atoms with Crippen LogP contribution in [-0.2, 0) is 10.5 Å². The highest BCUT2D eigenvalue weighted by molar-refractivity contribution is 7.98. The van der Waals surface area contributed by atoms with E-state index in [1.165, 1.54) is 10.3 Å². The van der Waals surface area contributed by atoms with Gasteiger partial charge in [-0.2, -0.15) is 23.1 Å². The molecule has 0 saturated heterocycles. The van der Waals surface area contributed by atoms with E-state index in [0.29, 0.717) is 0 Å². The van der Waals surface area contributed by atoms with Gasteiger partial charge in [0.2, 0.25) is 5.91 Å². The SMILES string of the molecule is O=C(NCCSCc1ccsc1)[C@@H]1CC=CC[C@@H]1c1nc2ccccc2s1. The number of hydrogen-bond donors (Lipinski definition) is 1. The zero-order chi connectivity index (χ0) is 18.5. The van der Waals surface area contributed by atoms with E-state index in [2.05, 4.69) is 40.4 Å². The molecule has 3 aromatic rings. The lowest BCUT2D eigenvalue weighted by molar-refractivity contribution is -0.125. The molecule has 6 heteroatoms. The predicted octanol–water partition coefficient (Wildman–Crippen LogP) is 5.46. The number of nitrogens with zero attached hydrogens (tertiary/aromatic N) is 1. The number of amides is 1. The molecule has 1 aliphatic rings. The lowest BCUT2D eigenvalue weighted by Gasteiger charge is -2.26. The van der Waals surface area contributed by atoms with Gasteiger partial charge >= 0.3 is 0 Å². The number of benzene rings is 1. The molecule has 0 bridgehead atoms. The van der Waals surface area contributed by atoms with Crippen LogP contribution in [0.4, 0.5) is 0 Å². The molecule has 1 aromatic carbocycles. The fourth-order valence-corrected chi connectivity index (χ4v) is 6.09. The van der Waals surface area contributed by atoms with Crippen LogP contribution in [0.1, 0.15) is 29.3 Å². The monoisotopic (exact) mass is 414 g/mol. The van der Waals surface area contributed by atoms with Crippen molar-refractivity contribution in [2.24, 2.45) is 5.92 Å². The second-order valence-electron chi connectivity index (χ2n) is 6.65. The van der Waals surface area contributed by atoms with E-state index >= 15 is 0 Å². The Hall–Kier alpha value is -1.63. The van der Waals surface area contributed by atoms with Gasteiger partial charge in [0.25, 0.3) is 0 Å². The molecule has 2 heterocycles. The maximum absolute atomic E-state index is 12.8. The van der Waals surface area contributed by atoms with E-state index < -0.39 is 0 Å². The summed E-state index contributed by atoms with van der Waals surface area (Å²) in [6, 6.07) is 10.4. The molecule has 1 amide bonds. The molecule has 27 heavy (non-hydrogen) atoms. The fraction of sp³-hybridized carbons (Fsp3) is 0.333. The standard InChI is InChI=1S/C21H22N2OS3/c24-20(22-10-12-26-14-15-9-11-25-13-15)16-5-1-2-6-17(16)21-23-18-7-3-4-8-19(18)27-21/h1-4,7-9,11,13,16-17H,5-6,10,12,14H2,(H,22,24)/t16-,17+/m1/s1. The normalized spacial score (nSPS) is 19.4. The molecule has 3 nitrogen and oxygen atoms in total. The second-order valence-corrected chi connectivity index (χ2v) is 9.60. The number of rotatable bonds is 7. The van der Waals surface area contributed by atoms with Crippen LogP contribution < -0.4 is 5.32 Å². The number of carbonyl (C=O) groups excluding carboxylic acids is 1. The number of allylic oxidation sites excluding steroid dienone is 2. The van der Waals surface area contributed by atoms with Gasteiger partial charge in [0.15, 0.2) is 0 Å². The molecule has 4 rings (SSSR count). The van der Waals surface area contributed by atoms with Crippen LogP contribution in [-0.4, -0.2) is 23.2 Å². The van der Waals surface area contributed by atoms with Crippen molar-refractivity contribution in [2.45, 2.75) is 24.5 Å². The molecule has 0 unspecified atom stereocenters. The summed E-state index contributed by atoms with van der Waals surface area (Å²) in [5.41, 5.74) is 2.40. The van der Waals surface area contributed by atoms with E-state index in [-0.39, 0.29) is 17.7 Å². The molecule has 2 atom stereocenters. The van der Waals surface area contributed by atoms with E-state index in [1.807, 2.05) is 30.0 Å². The largest absolute Gasteiger partial charge is 0.355 e. The number of hydrogen-bond acceptors (Lipinski definition) is 5. The number of fused-ring (bicyclic) bond motifs is 1. The predicted molar refractivity (Wildman–Crippen MR) is 118 cm³/mol. The summed E-state index contributed by atoms with van der Waals surface area (Å²) in [5.74, 6) is 2.29. The molecule has 0 spiro atoms. The Morgan fingerprint density at radius 1 is 1.22 bits per heavy atom. The Labute approximate surface area is 171 Å². The minimum atomic E-state index is -0.0163. The molecular formula is C21H22N2OS3. The lowest BCUT2D eigenvalue weighted by atomic mass is 9.82. The van der Waals surface area contributed by atoms with Crippen molar-refractivity contribution in [3.8, 4) is 0 Å². The average Bonchev–Trinajstić information content (AvgIpc) is 3.37. The Kier molecular flexibility index (Phi) is 6.27. The van der Waals surface area contributed by atoms with Crippen LogP contribution in [0.5, 0.6) is 0 Å². The molecule has 0 radical (unpaired) electrons. The van der Waals surface area contributed by atoms with Crippen molar-refractivity contribution < 1.29 is 4.79 Å². The highest BCUT2D eigenvalue weighted by atomic mass is 32.2. The van der Waals surface area contributed by atoms with Gasteiger partial charge in [0, 0.05) is 24.0 Å². The van der Waals surface area contributed by atoms with Gasteiger partial charge in [-0.25, -0.2) is 4.98 Å². The highest BCUT2D eigenvalue weighted by Gasteiger charge is 2.32. The van der Waals surface area contributed by atoms with E-state index in [1.54, 1.807) is 22.7 Å². The van der Waals surface area contributed by atoms with Gasteiger partial charge in [0.05, 0.1) is 21.1 Å². The highest BCUT2D eigenvalue weighted by Crippen LogP contribution is 2.38. The van der Waals surface area contributed by atoms with E-state index in [4.69, 9.17) is 4.98 Å². The first-order chi connectivity index (χ1) is 13.3. The van der Waals surface area contributed by atoms with Crippen LogP contribution in [0, 0.1) is 5.92 Å². The molecule has 2 aromatic heterocycles. The smallest absolute Gasteiger partial charge is 0.224 e. The van der Waals surface area contributed by atoms with Crippen molar-refractivity contribution in [3.63, 3.8) is 0 Å². The zero-order valence-electron chi connectivity index (χ0n) is 15.0. The average molecular weight is 415 g/mol. The van der Waals surface area contributed by atoms with Gasteiger partial charge in [-0.3, -0.25) is 4.79 Å². The number of para-hydroxylation sites is 1. The van der Waals surface area contributed by atoms with E-state index in [9.17, 15) is 4.79 Å². The third-order valence-electron chi connectivity index (χ3n) is 4.79. The maximum Gasteiger partial charge on any atom is 0.224 e. The minimum absolute atomic E-state index is 0.0163. The molecule has 1 N–H and O–H groups in total. The molecule has 0 aliphatic heterocycles. The first kappa shape index (κ1) is 18.7. The minimum Gasteiger partial charge on any atom is -0.355 e. The van der Waals surface area contributed by atoms with Crippen LogP contribution in [0.15, 0.2) is 53.2 Å². The fourth-order valence-electron chi connectivity index (χ4n) is 3.37.